The van der Waals surface area contributed by atoms with Crippen molar-refractivity contribution in [1.82, 2.24) is 15.2 Å². The Balaban J connectivity index is 2.48. The Bertz CT molecular complexity index is 728. The van der Waals surface area contributed by atoms with Gasteiger partial charge in [0.2, 0.25) is 0 Å². The smallest absolute Gasteiger partial charge is 0.338 e. The first-order chi connectivity index (χ1) is 8.68. The van der Waals surface area contributed by atoms with Crippen LogP contribution in [0.2, 0.25) is 0 Å². The van der Waals surface area contributed by atoms with Crippen LogP contribution in [0.3, 0.4) is 0 Å². The minimum atomic E-state index is -1.03. The van der Waals surface area contributed by atoms with E-state index in [4.69, 9.17) is 4.42 Å². The van der Waals surface area contributed by atoms with E-state index in [2.05, 4.69) is 15.2 Å². The summed E-state index contributed by atoms with van der Waals surface area (Å²) < 4.78 is 5.31. The zero-order valence-electron chi connectivity index (χ0n) is 9.47. The number of H-pyrrole nitrogens is 1. The summed E-state index contributed by atoms with van der Waals surface area (Å²) in [7, 11) is 0. The molecule has 6 heteroatoms. The molecule has 2 N–H and O–H groups in total. The van der Waals surface area contributed by atoms with Gasteiger partial charge >= 0.3 is 5.97 Å². The molecule has 0 atom stereocenters. The van der Waals surface area contributed by atoms with E-state index in [1.165, 1.54) is 6.26 Å². The van der Waals surface area contributed by atoms with Crippen LogP contribution in [0.15, 0.2) is 29.0 Å². The van der Waals surface area contributed by atoms with Gasteiger partial charge in [-0.1, -0.05) is 0 Å². The van der Waals surface area contributed by atoms with E-state index in [1.807, 2.05) is 0 Å². The van der Waals surface area contributed by atoms with Gasteiger partial charge in [0.25, 0.3) is 0 Å². The van der Waals surface area contributed by atoms with Gasteiger partial charge in [0, 0.05) is 5.56 Å². The molecule has 3 heterocycles. The topological polar surface area (TPSA) is 92.0 Å². The number of nitrogens with zero attached hydrogens (tertiary/aromatic N) is 2. The van der Waals surface area contributed by atoms with Crippen LogP contribution >= 0.6 is 0 Å². The molecule has 0 saturated carbocycles. The number of carboxylic acids is 1. The Labute approximate surface area is 101 Å². The fourth-order valence-corrected chi connectivity index (χ4v) is 2.03. The van der Waals surface area contributed by atoms with Gasteiger partial charge in [0.1, 0.15) is 5.76 Å². The van der Waals surface area contributed by atoms with Crippen LogP contribution in [-0.2, 0) is 0 Å². The van der Waals surface area contributed by atoms with Gasteiger partial charge < -0.3 is 9.52 Å². The number of rotatable bonds is 2. The van der Waals surface area contributed by atoms with Gasteiger partial charge in [-0.3, -0.25) is 5.10 Å². The van der Waals surface area contributed by atoms with E-state index in [0.717, 1.165) is 0 Å². The van der Waals surface area contributed by atoms with Crippen LogP contribution in [0.25, 0.3) is 22.4 Å². The molecule has 0 aliphatic carbocycles. The number of carbonyl (C=O) groups is 1. The number of hydrogen-bond donors (Lipinski definition) is 2. The lowest BCUT2D eigenvalue weighted by molar-refractivity contribution is 0.0696. The van der Waals surface area contributed by atoms with Crippen LogP contribution in [0.4, 0.5) is 0 Å². The molecule has 0 aromatic carbocycles. The van der Waals surface area contributed by atoms with E-state index < -0.39 is 5.97 Å². The van der Waals surface area contributed by atoms with E-state index in [1.54, 1.807) is 25.3 Å². The Hall–Kier alpha value is -2.63. The minimum Gasteiger partial charge on any atom is -0.478 e. The molecule has 0 spiro atoms. The lowest BCUT2D eigenvalue weighted by atomic mass is 10.0. The SMILES string of the molecule is Cc1nc2[nH]ncc2c(-c2ccco2)c1C(=O)O. The zero-order valence-corrected chi connectivity index (χ0v) is 9.47. The summed E-state index contributed by atoms with van der Waals surface area (Å²) >= 11 is 0. The van der Waals surface area contributed by atoms with Gasteiger partial charge in [0.15, 0.2) is 5.65 Å². The molecule has 0 radical (unpaired) electrons. The molecule has 3 aromatic rings. The Morgan fingerprint density at radius 3 is 3.00 bits per heavy atom. The van der Waals surface area contributed by atoms with Crippen molar-refractivity contribution in [2.45, 2.75) is 6.92 Å². The lowest BCUT2D eigenvalue weighted by Gasteiger charge is -2.07. The largest absolute Gasteiger partial charge is 0.478 e. The Morgan fingerprint density at radius 2 is 2.33 bits per heavy atom. The van der Waals surface area contributed by atoms with Crippen LogP contribution < -0.4 is 0 Å². The molecule has 0 aliphatic heterocycles. The summed E-state index contributed by atoms with van der Waals surface area (Å²) in [5.74, 6) is -0.543. The van der Waals surface area contributed by atoms with Gasteiger partial charge in [-0.15, -0.1) is 0 Å². The quantitative estimate of drug-likeness (QED) is 0.720. The minimum absolute atomic E-state index is 0.138. The van der Waals surface area contributed by atoms with E-state index >= 15 is 0 Å². The Morgan fingerprint density at radius 1 is 1.50 bits per heavy atom. The highest BCUT2D eigenvalue weighted by atomic mass is 16.4. The molecule has 0 bridgehead atoms. The van der Waals surface area contributed by atoms with Crippen LogP contribution in [0, 0.1) is 6.92 Å². The molecule has 0 amide bonds. The summed E-state index contributed by atoms with van der Waals surface area (Å²) in [4.78, 5) is 15.6. The number of aryl methyl sites for hydroxylation is 1. The van der Waals surface area contributed by atoms with E-state index in [9.17, 15) is 9.90 Å². The molecule has 18 heavy (non-hydrogen) atoms. The number of furan rings is 1. The second kappa shape index (κ2) is 3.69. The summed E-state index contributed by atoms with van der Waals surface area (Å²) in [5, 5.41) is 16.6. The first-order valence-electron chi connectivity index (χ1n) is 5.29. The van der Waals surface area contributed by atoms with Crippen molar-refractivity contribution in [3.8, 4) is 11.3 Å². The number of fused-ring (bicyclic) bond motifs is 1. The average molecular weight is 243 g/mol. The zero-order chi connectivity index (χ0) is 12.7. The monoisotopic (exact) mass is 243 g/mol. The summed E-state index contributed by atoms with van der Waals surface area (Å²) in [6.45, 7) is 1.65. The maximum absolute atomic E-state index is 11.4. The fourth-order valence-electron chi connectivity index (χ4n) is 2.03. The summed E-state index contributed by atoms with van der Waals surface area (Å²) in [6, 6.07) is 3.43. The van der Waals surface area contributed by atoms with Gasteiger partial charge in [0.05, 0.1) is 29.1 Å². The van der Waals surface area contributed by atoms with Crippen molar-refractivity contribution in [2.75, 3.05) is 0 Å². The number of aromatic amines is 1. The highest BCUT2D eigenvalue weighted by Crippen LogP contribution is 2.32. The van der Waals surface area contributed by atoms with Crippen molar-refractivity contribution in [3.05, 3.63) is 35.9 Å². The molecule has 0 fully saturated rings. The third-order valence-electron chi connectivity index (χ3n) is 2.76. The number of pyridine rings is 1. The number of carboxylic acid groups (broad SMARTS) is 1. The van der Waals surface area contributed by atoms with Crippen LogP contribution in [-0.4, -0.2) is 26.3 Å². The van der Waals surface area contributed by atoms with Crippen molar-refractivity contribution >= 4 is 17.0 Å². The number of nitrogens with one attached hydrogen (secondary N) is 1. The fraction of sp³-hybridized carbons (Fsp3) is 0.0833. The maximum Gasteiger partial charge on any atom is 0.338 e. The highest BCUT2D eigenvalue weighted by Gasteiger charge is 2.22. The molecule has 0 aliphatic rings. The first kappa shape index (κ1) is 10.5. The van der Waals surface area contributed by atoms with Gasteiger partial charge in [-0.25, -0.2) is 9.78 Å². The van der Waals surface area contributed by atoms with Crippen LogP contribution in [0.5, 0.6) is 0 Å². The third-order valence-corrected chi connectivity index (χ3v) is 2.76. The third kappa shape index (κ3) is 1.39. The molecular weight excluding hydrogens is 234 g/mol. The number of hydrogen-bond acceptors (Lipinski definition) is 4. The van der Waals surface area contributed by atoms with Crippen molar-refractivity contribution in [2.24, 2.45) is 0 Å². The summed E-state index contributed by atoms with van der Waals surface area (Å²) in [6.07, 6.45) is 3.05. The molecular formula is C12H9N3O3. The maximum atomic E-state index is 11.4. The van der Waals surface area contributed by atoms with E-state index in [-0.39, 0.29) is 5.56 Å². The van der Waals surface area contributed by atoms with Crippen molar-refractivity contribution in [3.63, 3.8) is 0 Å². The highest BCUT2D eigenvalue weighted by molar-refractivity contribution is 6.05. The molecule has 3 aromatic heterocycles. The second-order valence-electron chi connectivity index (χ2n) is 3.86. The van der Waals surface area contributed by atoms with Gasteiger partial charge in [-0.05, 0) is 19.1 Å². The van der Waals surface area contributed by atoms with Crippen molar-refractivity contribution < 1.29 is 14.3 Å². The standard InChI is InChI=1S/C12H9N3O3/c1-6-9(12(16)17)10(8-3-2-4-18-8)7-5-13-15-11(7)14-6/h2-5H,1H3,(H,16,17)(H,13,14,15). The normalized spacial score (nSPS) is 10.9. The van der Waals surface area contributed by atoms with Crippen LogP contribution in [0.1, 0.15) is 16.1 Å². The summed E-state index contributed by atoms with van der Waals surface area (Å²) in [5.41, 5.74) is 1.61. The molecule has 0 saturated heterocycles. The second-order valence-corrected chi connectivity index (χ2v) is 3.86. The van der Waals surface area contributed by atoms with Gasteiger partial charge in [-0.2, -0.15) is 5.10 Å². The predicted molar refractivity (Wildman–Crippen MR) is 63.3 cm³/mol. The Kier molecular flexibility index (Phi) is 2.16. The first-order valence-corrected chi connectivity index (χ1v) is 5.29. The molecule has 3 rings (SSSR count). The number of aromatic nitrogens is 3. The van der Waals surface area contributed by atoms with E-state index in [0.29, 0.717) is 28.1 Å². The molecule has 90 valence electrons. The average Bonchev–Trinajstić information content (AvgIpc) is 2.96. The number of aromatic carboxylic acids is 1. The predicted octanol–water partition coefficient (Wildman–Crippen LogP) is 2.22. The molecule has 6 nitrogen and oxygen atoms in total. The van der Waals surface area contributed by atoms with Crippen molar-refractivity contribution in [1.29, 1.82) is 0 Å². The lowest BCUT2D eigenvalue weighted by Crippen LogP contribution is -2.05. The molecule has 0 unspecified atom stereocenters.